The number of nitrogens with one attached hydrogen (secondary N) is 1. The monoisotopic (exact) mass is 676 g/mol. The zero-order valence-electron chi connectivity index (χ0n) is 21.7. The third kappa shape index (κ3) is 7.28. The number of carbonyl (C=O) groups is 1. The van der Waals surface area contributed by atoms with Crippen molar-refractivity contribution in [2.45, 2.75) is 23.3 Å². The maximum Gasteiger partial charge on any atom is 0.416 e. The summed E-state index contributed by atoms with van der Waals surface area (Å²) in [4.78, 5) is 12.7. The summed E-state index contributed by atoms with van der Waals surface area (Å²) in [6, 6.07) is 24.4. The normalized spacial score (nSPS) is 11.9. The molecule has 0 fully saturated rings. The lowest BCUT2D eigenvalue weighted by molar-refractivity contribution is -0.143. The van der Waals surface area contributed by atoms with E-state index in [0.29, 0.717) is 28.9 Å². The molecule has 0 saturated heterocycles. The van der Waals surface area contributed by atoms with Gasteiger partial charge in [-0.3, -0.25) is 9.36 Å². The van der Waals surface area contributed by atoms with Gasteiger partial charge in [-0.05, 0) is 60.2 Å². The fraction of sp³-hybridized carbons (Fsp3) is 0.100. The number of amides is 1. The molecule has 1 N–H and O–H groups in total. The van der Waals surface area contributed by atoms with Crippen LogP contribution >= 0.6 is 27.7 Å². The van der Waals surface area contributed by atoms with Gasteiger partial charge in [0.15, 0.2) is 11.0 Å². The standard InChI is InChI=1S/C30H19BrF6N4OS/c31-23-12-10-19(11-13-23)26-39-40-28(41(26)25-4-2-1-3-5-25)43-17-18-6-8-20(9-7-18)27(42)38-24-15-21(29(32,33)34)14-22(16-24)30(35,36)37/h1-16H,17H2,(H,38,42). The highest BCUT2D eigenvalue weighted by molar-refractivity contribution is 9.10. The van der Waals surface area contributed by atoms with Crippen LogP contribution in [0.1, 0.15) is 27.0 Å². The van der Waals surface area contributed by atoms with Gasteiger partial charge >= 0.3 is 12.4 Å². The molecular weight excluding hydrogens is 658 g/mol. The third-order valence-corrected chi connectivity index (χ3v) is 7.71. The molecule has 43 heavy (non-hydrogen) atoms. The van der Waals surface area contributed by atoms with Gasteiger partial charge < -0.3 is 5.32 Å². The van der Waals surface area contributed by atoms with Crippen molar-refractivity contribution in [1.82, 2.24) is 14.8 Å². The average Bonchev–Trinajstić information content (AvgIpc) is 3.40. The van der Waals surface area contributed by atoms with E-state index in [9.17, 15) is 31.1 Å². The first kappa shape index (κ1) is 30.4. The second kappa shape index (κ2) is 12.3. The number of nitrogens with zero attached hydrogens (tertiary/aromatic N) is 3. The Morgan fingerprint density at radius 2 is 1.40 bits per heavy atom. The number of hydrogen-bond donors (Lipinski definition) is 1. The largest absolute Gasteiger partial charge is 0.416 e. The van der Waals surface area contributed by atoms with Crippen LogP contribution in [0.4, 0.5) is 32.0 Å². The number of rotatable bonds is 7. The van der Waals surface area contributed by atoms with Crippen LogP contribution in [-0.4, -0.2) is 20.7 Å². The van der Waals surface area contributed by atoms with Gasteiger partial charge in [-0.1, -0.05) is 70.2 Å². The van der Waals surface area contributed by atoms with E-state index in [1.165, 1.54) is 23.9 Å². The molecule has 0 aliphatic heterocycles. The highest BCUT2D eigenvalue weighted by Gasteiger charge is 2.37. The van der Waals surface area contributed by atoms with Gasteiger partial charge in [0.1, 0.15) is 0 Å². The second-order valence-electron chi connectivity index (χ2n) is 9.22. The first-order valence-corrected chi connectivity index (χ1v) is 14.3. The SMILES string of the molecule is O=C(Nc1cc(C(F)(F)F)cc(C(F)(F)F)c1)c1ccc(CSc2nnc(-c3ccc(Br)cc3)n2-c2ccccc2)cc1. The summed E-state index contributed by atoms with van der Waals surface area (Å²) in [7, 11) is 0. The summed E-state index contributed by atoms with van der Waals surface area (Å²) in [5.74, 6) is 0.238. The maximum absolute atomic E-state index is 13.2. The molecule has 1 amide bonds. The topological polar surface area (TPSA) is 59.8 Å². The van der Waals surface area contributed by atoms with Crippen molar-refractivity contribution in [3.8, 4) is 17.1 Å². The van der Waals surface area contributed by atoms with E-state index in [4.69, 9.17) is 0 Å². The first-order valence-electron chi connectivity index (χ1n) is 12.5. The molecule has 5 aromatic rings. The Morgan fingerprint density at radius 1 is 0.791 bits per heavy atom. The molecule has 1 aromatic heterocycles. The van der Waals surface area contributed by atoms with E-state index in [1.54, 1.807) is 12.1 Å². The van der Waals surface area contributed by atoms with Crippen LogP contribution in [0.15, 0.2) is 107 Å². The minimum absolute atomic E-state index is 0.00255. The van der Waals surface area contributed by atoms with Crippen molar-refractivity contribution in [2.75, 3.05) is 5.32 Å². The van der Waals surface area contributed by atoms with E-state index >= 15 is 0 Å². The number of carbonyl (C=O) groups excluding carboxylic acids is 1. The molecule has 1 heterocycles. The molecule has 0 aliphatic carbocycles. The summed E-state index contributed by atoms with van der Waals surface area (Å²) in [5.41, 5.74) is -1.06. The van der Waals surface area contributed by atoms with Gasteiger partial charge in [0.25, 0.3) is 5.91 Å². The molecule has 0 atom stereocenters. The van der Waals surface area contributed by atoms with E-state index in [2.05, 4.69) is 31.4 Å². The average molecular weight is 677 g/mol. The Bertz CT molecular complexity index is 1710. The van der Waals surface area contributed by atoms with Gasteiger partial charge in [-0.15, -0.1) is 10.2 Å². The number of aromatic nitrogens is 3. The Kier molecular flexibility index (Phi) is 8.65. The number of para-hydroxylation sites is 1. The van der Waals surface area contributed by atoms with Crippen LogP contribution in [-0.2, 0) is 18.1 Å². The van der Waals surface area contributed by atoms with Crippen LogP contribution in [0.5, 0.6) is 0 Å². The van der Waals surface area contributed by atoms with Crippen molar-refractivity contribution in [1.29, 1.82) is 0 Å². The van der Waals surface area contributed by atoms with Crippen LogP contribution < -0.4 is 5.32 Å². The van der Waals surface area contributed by atoms with E-state index in [1.807, 2.05) is 59.2 Å². The summed E-state index contributed by atoms with van der Waals surface area (Å²) in [6.07, 6.45) is -10.0. The Morgan fingerprint density at radius 3 is 1.98 bits per heavy atom. The smallest absolute Gasteiger partial charge is 0.322 e. The molecule has 5 nitrogen and oxygen atoms in total. The number of anilines is 1. The minimum Gasteiger partial charge on any atom is -0.322 e. The quantitative estimate of drug-likeness (QED) is 0.138. The van der Waals surface area contributed by atoms with E-state index in [-0.39, 0.29) is 11.6 Å². The van der Waals surface area contributed by atoms with Crippen molar-refractivity contribution in [3.05, 3.63) is 124 Å². The lowest BCUT2D eigenvalue weighted by atomic mass is 10.1. The number of benzene rings is 4. The van der Waals surface area contributed by atoms with Gasteiger partial charge in [-0.2, -0.15) is 26.3 Å². The minimum atomic E-state index is -5.02. The lowest BCUT2D eigenvalue weighted by Gasteiger charge is -2.15. The van der Waals surface area contributed by atoms with E-state index < -0.39 is 35.1 Å². The lowest BCUT2D eigenvalue weighted by Crippen LogP contribution is -2.16. The molecule has 0 aliphatic rings. The zero-order chi connectivity index (χ0) is 30.8. The zero-order valence-corrected chi connectivity index (χ0v) is 24.2. The van der Waals surface area contributed by atoms with Crippen LogP contribution in [0.2, 0.25) is 0 Å². The Balaban J connectivity index is 1.33. The molecule has 220 valence electrons. The highest BCUT2D eigenvalue weighted by Crippen LogP contribution is 2.38. The van der Waals surface area contributed by atoms with Crippen LogP contribution in [0.3, 0.4) is 0 Å². The van der Waals surface area contributed by atoms with Gasteiger partial charge in [0, 0.05) is 32.7 Å². The van der Waals surface area contributed by atoms with Gasteiger partial charge in [0.2, 0.25) is 0 Å². The molecule has 0 radical (unpaired) electrons. The maximum atomic E-state index is 13.2. The van der Waals surface area contributed by atoms with Crippen molar-refractivity contribution in [3.63, 3.8) is 0 Å². The molecule has 0 bridgehead atoms. The highest BCUT2D eigenvalue weighted by atomic mass is 79.9. The molecule has 5 rings (SSSR count). The predicted octanol–water partition coefficient (Wildman–Crippen LogP) is 9.28. The Labute approximate surface area is 254 Å². The summed E-state index contributed by atoms with van der Waals surface area (Å²) in [6.45, 7) is 0. The van der Waals surface area contributed by atoms with Crippen molar-refractivity contribution < 1.29 is 31.1 Å². The fourth-order valence-electron chi connectivity index (χ4n) is 4.09. The molecule has 4 aromatic carbocycles. The summed E-state index contributed by atoms with van der Waals surface area (Å²) >= 11 is 4.84. The third-order valence-electron chi connectivity index (χ3n) is 6.18. The van der Waals surface area contributed by atoms with Gasteiger partial charge in [-0.25, -0.2) is 0 Å². The first-order chi connectivity index (χ1) is 20.4. The number of hydrogen-bond acceptors (Lipinski definition) is 4. The number of thioether (sulfide) groups is 1. The van der Waals surface area contributed by atoms with E-state index in [0.717, 1.165) is 21.3 Å². The Hall–Kier alpha value is -4.10. The number of alkyl halides is 6. The summed E-state index contributed by atoms with van der Waals surface area (Å²) < 4.78 is 81.9. The predicted molar refractivity (Wildman–Crippen MR) is 155 cm³/mol. The van der Waals surface area contributed by atoms with Crippen molar-refractivity contribution >= 4 is 39.3 Å². The molecule has 0 saturated carbocycles. The molecule has 13 heteroatoms. The van der Waals surface area contributed by atoms with Crippen LogP contribution in [0, 0.1) is 0 Å². The van der Waals surface area contributed by atoms with Crippen LogP contribution in [0.25, 0.3) is 17.1 Å². The van der Waals surface area contributed by atoms with Crippen molar-refractivity contribution in [2.24, 2.45) is 0 Å². The fourth-order valence-corrected chi connectivity index (χ4v) is 5.26. The number of halogens is 7. The molecule has 0 spiro atoms. The summed E-state index contributed by atoms with van der Waals surface area (Å²) in [5, 5.41) is 11.6. The molecular formula is C30H19BrF6N4OS. The second-order valence-corrected chi connectivity index (χ2v) is 11.1. The molecule has 0 unspecified atom stereocenters. The van der Waals surface area contributed by atoms with Gasteiger partial charge in [0.05, 0.1) is 11.1 Å².